The summed E-state index contributed by atoms with van der Waals surface area (Å²) in [4.78, 5) is 12.4. The van der Waals surface area contributed by atoms with E-state index in [2.05, 4.69) is 13.8 Å². The number of carboxylic acid groups (broad SMARTS) is 1. The van der Waals surface area contributed by atoms with Crippen LogP contribution in [0.1, 0.15) is 26.7 Å². The van der Waals surface area contributed by atoms with Crippen LogP contribution in [-0.2, 0) is 4.79 Å². The minimum absolute atomic E-state index is 0.510. The molecule has 98 valence electrons. The third-order valence-electron chi connectivity index (χ3n) is 3.66. The second kappa shape index (κ2) is 5.14. The molecule has 0 radical (unpaired) electrons. The van der Waals surface area contributed by atoms with Crippen molar-refractivity contribution in [2.75, 3.05) is 0 Å². The van der Waals surface area contributed by atoms with Gasteiger partial charge in [-0.05, 0) is 36.8 Å². The van der Waals surface area contributed by atoms with Crippen molar-refractivity contribution in [2.45, 2.75) is 36.3 Å². The van der Waals surface area contributed by atoms with Crippen molar-refractivity contribution in [3.63, 3.8) is 0 Å². The molecule has 2 rings (SSSR count). The molecule has 0 heterocycles. The fourth-order valence-electron chi connectivity index (χ4n) is 2.30. The minimum atomic E-state index is -0.718. The second-order valence-electron chi connectivity index (χ2n) is 5.24. The van der Waals surface area contributed by atoms with Gasteiger partial charge < -0.3 is 5.11 Å². The van der Waals surface area contributed by atoms with Crippen LogP contribution < -0.4 is 0 Å². The molecular formula is C14H17ClO2S. The van der Waals surface area contributed by atoms with Crippen LogP contribution in [0.4, 0.5) is 0 Å². The van der Waals surface area contributed by atoms with Gasteiger partial charge in [0.2, 0.25) is 0 Å². The van der Waals surface area contributed by atoms with Gasteiger partial charge in [0.15, 0.2) is 0 Å². The highest BCUT2D eigenvalue weighted by molar-refractivity contribution is 8.01. The smallest absolute Gasteiger partial charge is 0.320 e. The van der Waals surface area contributed by atoms with Crippen LogP contribution in [0.5, 0.6) is 0 Å². The average Bonchev–Trinajstić information content (AvgIpc) is 2.24. The number of carbonyl (C=O) groups is 1. The van der Waals surface area contributed by atoms with Crippen LogP contribution in [0, 0.1) is 11.8 Å². The molecule has 0 unspecified atom stereocenters. The summed E-state index contributed by atoms with van der Waals surface area (Å²) in [6.45, 7) is 4.30. The molecule has 1 saturated carbocycles. The quantitative estimate of drug-likeness (QED) is 0.894. The Bertz CT molecular complexity index is 453. The van der Waals surface area contributed by atoms with Gasteiger partial charge in [0, 0.05) is 4.90 Å². The molecule has 18 heavy (non-hydrogen) atoms. The van der Waals surface area contributed by atoms with Gasteiger partial charge >= 0.3 is 5.97 Å². The molecule has 0 spiro atoms. The summed E-state index contributed by atoms with van der Waals surface area (Å²) < 4.78 is -0.681. The maximum Gasteiger partial charge on any atom is 0.320 e. The van der Waals surface area contributed by atoms with Crippen molar-refractivity contribution in [1.82, 2.24) is 0 Å². The summed E-state index contributed by atoms with van der Waals surface area (Å²) in [5.41, 5.74) is 0. The van der Waals surface area contributed by atoms with Crippen LogP contribution in [0.25, 0.3) is 0 Å². The molecule has 1 aliphatic rings. The standard InChI is InChI=1S/C14H17ClO2S/c1-9(2)10-7-14(8-10,13(16)17)18-12-6-4-3-5-11(12)15/h3-6,9-10H,7-8H2,1-2H3,(H,16,17). The van der Waals surface area contributed by atoms with Crippen molar-refractivity contribution < 1.29 is 9.90 Å². The highest BCUT2D eigenvalue weighted by Gasteiger charge is 2.52. The lowest BCUT2D eigenvalue weighted by atomic mass is 9.69. The normalized spacial score (nSPS) is 27.0. The SMILES string of the molecule is CC(C)C1CC(Sc2ccccc2Cl)(C(=O)O)C1. The number of thioether (sulfide) groups is 1. The van der Waals surface area contributed by atoms with E-state index in [1.165, 1.54) is 11.8 Å². The lowest BCUT2D eigenvalue weighted by Gasteiger charge is -2.45. The van der Waals surface area contributed by atoms with Crippen molar-refractivity contribution in [2.24, 2.45) is 11.8 Å². The molecule has 2 nitrogen and oxygen atoms in total. The fourth-order valence-corrected chi connectivity index (χ4v) is 3.96. The molecule has 0 atom stereocenters. The zero-order valence-electron chi connectivity index (χ0n) is 10.5. The average molecular weight is 285 g/mol. The van der Waals surface area contributed by atoms with Crippen molar-refractivity contribution >= 4 is 29.3 Å². The van der Waals surface area contributed by atoms with E-state index in [4.69, 9.17) is 11.6 Å². The Balaban J connectivity index is 2.15. The number of halogens is 1. The summed E-state index contributed by atoms with van der Waals surface area (Å²) in [5.74, 6) is 0.338. The second-order valence-corrected chi connectivity index (χ2v) is 7.08. The van der Waals surface area contributed by atoms with Crippen molar-refractivity contribution in [3.8, 4) is 0 Å². The maximum absolute atomic E-state index is 11.5. The van der Waals surface area contributed by atoms with Gasteiger partial charge in [-0.3, -0.25) is 4.79 Å². The molecule has 1 aliphatic carbocycles. The van der Waals surface area contributed by atoms with Crippen LogP contribution >= 0.6 is 23.4 Å². The Hall–Kier alpha value is -0.670. The van der Waals surface area contributed by atoms with Crippen LogP contribution in [0.15, 0.2) is 29.2 Å². The lowest BCUT2D eigenvalue weighted by molar-refractivity contribution is -0.144. The number of rotatable bonds is 4. The maximum atomic E-state index is 11.5. The monoisotopic (exact) mass is 284 g/mol. The molecule has 1 N–H and O–H groups in total. The molecule has 1 aromatic rings. The number of hydrogen-bond donors (Lipinski definition) is 1. The van der Waals surface area contributed by atoms with Gasteiger partial charge in [-0.1, -0.05) is 37.6 Å². The van der Waals surface area contributed by atoms with E-state index >= 15 is 0 Å². The van der Waals surface area contributed by atoms with E-state index in [1.807, 2.05) is 18.2 Å². The first-order valence-electron chi connectivity index (χ1n) is 6.11. The highest BCUT2D eigenvalue weighted by Crippen LogP contribution is 2.54. The van der Waals surface area contributed by atoms with E-state index < -0.39 is 10.7 Å². The highest BCUT2D eigenvalue weighted by atomic mass is 35.5. The molecule has 4 heteroatoms. The van der Waals surface area contributed by atoms with E-state index in [0.29, 0.717) is 16.9 Å². The molecule has 0 aromatic heterocycles. The molecule has 1 aromatic carbocycles. The predicted octanol–water partition coefficient (Wildman–Crippen LogP) is 4.32. The lowest BCUT2D eigenvalue weighted by Crippen LogP contribution is -2.49. The van der Waals surface area contributed by atoms with Crippen molar-refractivity contribution in [3.05, 3.63) is 29.3 Å². The largest absolute Gasteiger partial charge is 0.480 e. The number of benzene rings is 1. The Labute approximate surface area is 117 Å². The van der Waals surface area contributed by atoms with E-state index in [1.54, 1.807) is 6.07 Å². The van der Waals surface area contributed by atoms with Gasteiger partial charge in [0.1, 0.15) is 4.75 Å². The van der Waals surface area contributed by atoms with Gasteiger partial charge in [-0.15, -0.1) is 11.8 Å². The van der Waals surface area contributed by atoms with Gasteiger partial charge in [0.05, 0.1) is 5.02 Å². The number of aliphatic carboxylic acids is 1. The molecule has 0 aliphatic heterocycles. The van der Waals surface area contributed by atoms with Gasteiger partial charge in [-0.25, -0.2) is 0 Å². The summed E-state index contributed by atoms with van der Waals surface area (Å²) in [5, 5.41) is 10.1. The summed E-state index contributed by atoms with van der Waals surface area (Å²) >= 11 is 7.50. The molecule has 0 amide bonds. The van der Waals surface area contributed by atoms with Crippen LogP contribution in [-0.4, -0.2) is 15.8 Å². The molecule has 0 saturated heterocycles. The number of hydrogen-bond acceptors (Lipinski definition) is 2. The molecular weight excluding hydrogens is 268 g/mol. The Morgan fingerprint density at radius 1 is 1.44 bits per heavy atom. The topological polar surface area (TPSA) is 37.3 Å². The van der Waals surface area contributed by atoms with E-state index in [0.717, 1.165) is 17.7 Å². The Morgan fingerprint density at radius 2 is 2.06 bits per heavy atom. The zero-order chi connectivity index (χ0) is 13.3. The van der Waals surface area contributed by atoms with Gasteiger partial charge in [-0.2, -0.15) is 0 Å². The first kappa shape index (κ1) is 13.8. The van der Waals surface area contributed by atoms with Crippen molar-refractivity contribution in [1.29, 1.82) is 0 Å². The first-order chi connectivity index (χ1) is 8.44. The third kappa shape index (κ3) is 2.52. The summed E-state index contributed by atoms with van der Waals surface area (Å²) in [6.07, 6.45) is 1.46. The Kier molecular flexibility index (Phi) is 3.93. The van der Waals surface area contributed by atoms with Gasteiger partial charge in [0.25, 0.3) is 0 Å². The minimum Gasteiger partial charge on any atom is -0.480 e. The zero-order valence-corrected chi connectivity index (χ0v) is 12.1. The van der Waals surface area contributed by atoms with E-state index in [-0.39, 0.29) is 0 Å². The van der Waals surface area contributed by atoms with E-state index in [9.17, 15) is 9.90 Å². The molecule has 1 fully saturated rings. The molecule has 0 bridgehead atoms. The van der Waals surface area contributed by atoms with Crippen LogP contribution in [0.3, 0.4) is 0 Å². The van der Waals surface area contributed by atoms with Crippen LogP contribution in [0.2, 0.25) is 5.02 Å². The number of carboxylic acids is 1. The summed E-state index contributed by atoms with van der Waals surface area (Å²) in [7, 11) is 0. The predicted molar refractivity (Wildman–Crippen MR) is 75.2 cm³/mol. The Morgan fingerprint density at radius 3 is 2.56 bits per heavy atom. The third-order valence-corrected chi connectivity index (χ3v) is 5.57. The summed E-state index contributed by atoms with van der Waals surface area (Å²) in [6, 6.07) is 7.44. The fraction of sp³-hybridized carbons (Fsp3) is 0.500. The first-order valence-corrected chi connectivity index (χ1v) is 7.31.